The minimum atomic E-state index is -0.294. The summed E-state index contributed by atoms with van der Waals surface area (Å²) >= 11 is 0. The summed E-state index contributed by atoms with van der Waals surface area (Å²) in [5, 5.41) is 13.4. The lowest BCUT2D eigenvalue weighted by atomic mass is 9.79. The summed E-state index contributed by atoms with van der Waals surface area (Å²) in [6.45, 7) is 3.79. The van der Waals surface area contributed by atoms with Crippen LogP contribution in [0.1, 0.15) is 62.2 Å². The van der Waals surface area contributed by atoms with Gasteiger partial charge in [0.15, 0.2) is 5.78 Å². The van der Waals surface area contributed by atoms with Gasteiger partial charge in [-0.3, -0.25) is 9.59 Å². The molecule has 0 amide bonds. The molecule has 166 valence electrons. The van der Waals surface area contributed by atoms with E-state index in [0.717, 1.165) is 46.2 Å². The van der Waals surface area contributed by atoms with Gasteiger partial charge in [-0.25, -0.2) is 0 Å². The fourth-order valence-electron chi connectivity index (χ4n) is 4.41. The first-order valence-electron chi connectivity index (χ1n) is 11.1. The number of hydrogen-bond acceptors (Lipinski definition) is 4. The average molecular weight is 438 g/mol. The van der Waals surface area contributed by atoms with Crippen molar-refractivity contribution < 1.29 is 14.7 Å². The summed E-state index contributed by atoms with van der Waals surface area (Å²) in [4.78, 5) is 26.0. The van der Waals surface area contributed by atoms with Gasteiger partial charge in [-0.05, 0) is 42.3 Å². The third kappa shape index (κ3) is 4.30. The number of carbonyl (C=O) groups excluding carboxylic acids is 2. The number of ketones is 1. The predicted octanol–water partition coefficient (Wildman–Crippen LogP) is 5.65. The van der Waals surface area contributed by atoms with Gasteiger partial charge in [-0.2, -0.15) is 0 Å². The SMILES string of the molecule is Cc1ccccc1-c1c(C(=O)c2ccccc2)cc(C=O)c([C@@H](C)CO)c1C1=CCC=CN1. The van der Waals surface area contributed by atoms with Gasteiger partial charge in [0.1, 0.15) is 6.29 Å². The Labute approximate surface area is 194 Å². The lowest BCUT2D eigenvalue weighted by molar-refractivity contribution is 0.103. The second-order valence-electron chi connectivity index (χ2n) is 8.29. The summed E-state index contributed by atoms with van der Waals surface area (Å²) < 4.78 is 0. The first kappa shape index (κ1) is 22.4. The summed E-state index contributed by atoms with van der Waals surface area (Å²) in [5.74, 6) is -0.439. The lowest BCUT2D eigenvalue weighted by Crippen LogP contribution is -2.18. The third-order valence-corrected chi connectivity index (χ3v) is 6.07. The molecule has 4 heteroatoms. The molecule has 0 aliphatic carbocycles. The molecule has 0 spiro atoms. The minimum absolute atomic E-state index is 0.115. The molecule has 0 radical (unpaired) electrons. The number of hydrogen-bond donors (Lipinski definition) is 2. The van der Waals surface area contributed by atoms with Crippen molar-refractivity contribution in [2.24, 2.45) is 0 Å². The van der Waals surface area contributed by atoms with Gasteiger partial charge in [-0.15, -0.1) is 0 Å². The van der Waals surface area contributed by atoms with Crippen LogP contribution in [0.15, 0.2) is 79.0 Å². The maximum atomic E-state index is 13.8. The van der Waals surface area contributed by atoms with Crippen molar-refractivity contribution >= 4 is 17.8 Å². The summed E-state index contributed by atoms with van der Waals surface area (Å²) in [7, 11) is 0. The van der Waals surface area contributed by atoms with Gasteiger partial charge in [0.2, 0.25) is 0 Å². The van der Waals surface area contributed by atoms with E-state index in [-0.39, 0.29) is 18.3 Å². The average Bonchev–Trinajstić information content (AvgIpc) is 2.88. The molecule has 3 aromatic carbocycles. The highest BCUT2D eigenvalue weighted by Crippen LogP contribution is 2.41. The number of dihydropyridines is 1. The van der Waals surface area contributed by atoms with E-state index in [1.54, 1.807) is 18.2 Å². The zero-order valence-corrected chi connectivity index (χ0v) is 18.8. The molecule has 0 saturated heterocycles. The summed E-state index contributed by atoms with van der Waals surface area (Å²) in [6, 6.07) is 18.7. The summed E-state index contributed by atoms with van der Waals surface area (Å²) in [6.07, 6.45) is 7.45. The Balaban J connectivity index is 2.15. The van der Waals surface area contributed by atoms with Gasteiger partial charge >= 0.3 is 0 Å². The van der Waals surface area contributed by atoms with Gasteiger partial charge in [0.05, 0.1) is 0 Å². The van der Waals surface area contributed by atoms with Crippen LogP contribution in [0, 0.1) is 6.92 Å². The van der Waals surface area contributed by atoms with E-state index in [9.17, 15) is 14.7 Å². The maximum absolute atomic E-state index is 13.8. The van der Waals surface area contributed by atoms with Crippen molar-refractivity contribution in [1.29, 1.82) is 0 Å². The van der Waals surface area contributed by atoms with Gasteiger partial charge < -0.3 is 10.4 Å². The van der Waals surface area contributed by atoms with Gasteiger partial charge in [-0.1, -0.05) is 73.7 Å². The number of aldehydes is 1. The van der Waals surface area contributed by atoms with Crippen molar-refractivity contribution in [2.45, 2.75) is 26.2 Å². The topological polar surface area (TPSA) is 66.4 Å². The van der Waals surface area contributed by atoms with Gasteiger partial charge in [0, 0.05) is 46.0 Å². The molecule has 1 aliphatic rings. The molecule has 4 rings (SSSR count). The monoisotopic (exact) mass is 437 g/mol. The molecule has 0 bridgehead atoms. The van der Waals surface area contributed by atoms with E-state index >= 15 is 0 Å². The van der Waals surface area contributed by atoms with Crippen LogP contribution in [0.25, 0.3) is 16.8 Å². The molecule has 3 aromatic rings. The maximum Gasteiger partial charge on any atom is 0.193 e. The first-order chi connectivity index (χ1) is 16.1. The Bertz CT molecular complexity index is 1260. The molecule has 1 atom stereocenters. The highest BCUT2D eigenvalue weighted by atomic mass is 16.3. The van der Waals surface area contributed by atoms with Crippen molar-refractivity contribution in [3.05, 3.63) is 112 Å². The largest absolute Gasteiger partial charge is 0.396 e. The minimum Gasteiger partial charge on any atom is -0.396 e. The van der Waals surface area contributed by atoms with Crippen LogP contribution in [-0.4, -0.2) is 23.8 Å². The van der Waals surface area contributed by atoms with E-state index < -0.39 is 0 Å². The van der Waals surface area contributed by atoms with E-state index in [1.165, 1.54) is 0 Å². The molecule has 1 heterocycles. The fraction of sp³-hybridized carbons (Fsp3) is 0.172. The Morgan fingerprint density at radius 2 is 1.82 bits per heavy atom. The van der Waals surface area contributed by atoms with E-state index in [1.807, 2.05) is 68.6 Å². The van der Waals surface area contributed by atoms with Crippen LogP contribution in [0.3, 0.4) is 0 Å². The standard InChI is InChI=1S/C29H27NO3/c1-19-10-6-7-13-23(19)27-24(29(33)21-11-4-3-5-12-21)16-22(18-32)26(20(2)17-31)28(27)25-14-8-9-15-30-25/h3-7,9-16,18,20,30-31H,8,17H2,1-2H3/t20-/m0/s1. The zero-order valence-electron chi connectivity index (χ0n) is 18.8. The second kappa shape index (κ2) is 9.80. The number of aryl methyl sites for hydroxylation is 1. The molecule has 0 unspecified atom stereocenters. The van der Waals surface area contributed by atoms with Gasteiger partial charge in [0.25, 0.3) is 0 Å². The quantitative estimate of drug-likeness (QED) is 0.370. The normalized spacial score (nSPS) is 13.7. The molecule has 4 nitrogen and oxygen atoms in total. The van der Waals surface area contributed by atoms with Crippen molar-refractivity contribution in [3.8, 4) is 11.1 Å². The highest BCUT2D eigenvalue weighted by Gasteiger charge is 2.28. The van der Waals surface area contributed by atoms with Crippen LogP contribution in [-0.2, 0) is 0 Å². The second-order valence-corrected chi connectivity index (χ2v) is 8.29. The lowest BCUT2D eigenvalue weighted by Gasteiger charge is -2.26. The van der Waals surface area contributed by atoms with Crippen LogP contribution in [0.4, 0.5) is 0 Å². The van der Waals surface area contributed by atoms with Crippen molar-refractivity contribution in [2.75, 3.05) is 6.61 Å². The van der Waals surface area contributed by atoms with Crippen LogP contribution in [0.2, 0.25) is 0 Å². The third-order valence-electron chi connectivity index (χ3n) is 6.07. The molecule has 2 N–H and O–H groups in total. The van der Waals surface area contributed by atoms with Crippen LogP contribution >= 0.6 is 0 Å². The van der Waals surface area contributed by atoms with E-state index in [4.69, 9.17) is 0 Å². The first-order valence-corrected chi connectivity index (χ1v) is 11.1. The Hall–Kier alpha value is -3.76. The number of aliphatic hydroxyl groups excluding tert-OH is 1. The molecule has 0 fully saturated rings. The van der Waals surface area contributed by atoms with Crippen molar-refractivity contribution in [1.82, 2.24) is 5.32 Å². The number of aliphatic hydroxyl groups is 1. The Morgan fingerprint density at radius 3 is 2.45 bits per heavy atom. The molecule has 33 heavy (non-hydrogen) atoms. The van der Waals surface area contributed by atoms with Crippen LogP contribution in [0.5, 0.6) is 0 Å². The number of benzene rings is 3. The number of rotatable bonds is 7. The van der Waals surface area contributed by atoms with E-state index in [0.29, 0.717) is 16.7 Å². The smallest absolute Gasteiger partial charge is 0.193 e. The molecular weight excluding hydrogens is 410 g/mol. The van der Waals surface area contributed by atoms with Crippen molar-refractivity contribution in [3.63, 3.8) is 0 Å². The van der Waals surface area contributed by atoms with Crippen LogP contribution < -0.4 is 5.32 Å². The molecule has 1 aliphatic heterocycles. The highest BCUT2D eigenvalue weighted by molar-refractivity contribution is 6.15. The Kier molecular flexibility index (Phi) is 6.66. The predicted molar refractivity (Wildman–Crippen MR) is 132 cm³/mol. The molecule has 0 saturated carbocycles. The number of nitrogens with one attached hydrogen (secondary N) is 1. The summed E-state index contributed by atoms with van der Waals surface area (Å²) in [5.41, 5.74) is 6.53. The fourth-order valence-corrected chi connectivity index (χ4v) is 4.41. The Morgan fingerprint density at radius 1 is 1.09 bits per heavy atom. The zero-order chi connectivity index (χ0) is 23.4. The number of allylic oxidation sites excluding steroid dienone is 2. The number of carbonyl (C=O) groups is 2. The molecular formula is C29H27NO3. The molecule has 0 aromatic heterocycles. The van der Waals surface area contributed by atoms with E-state index in [2.05, 4.69) is 11.4 Å².